The van der Waals surface area contributed by atoms with E-state index >= 15 is 0 Å². The Morgan fingerprint density at radius 3 is 2.46 bits per heavy atom. The summed E-state index contributed by atoms with van der Waals surface area (Å²) in [5, 5.41) is 7.67. The number of amides is 1. The lowest BCUT2D eigenvalue weighted by Crippen LogP contribution is -2.32. The van der Waals surface area contributed by atoms with Gasteiger partial charge in [-0.3, -0.25) is 9.48 Å². The summed E-state index contributed by atoms with van der Waals surface area (Å²) >= 11 is 1.38. The van der Waals surface area contributed by atoms with Crippen molar-refractivity contribution in [3.8, 4) is 0 Å². The van der Waals surface area contributed by atoms with Crippen LogP contribution in [0.15, 0.2) is 11.2 Å². The van der Waals surface area contributed by atoms with Gasteiger partial charge in [-0.25, -0.2) is 15.0 Å². The van der Waals surface area contributed by atoms with Crippen LogP contribution in [0, 0.1) is 27.7 Å². The Labute approximate surface area is 146 Å². The van der Waals surface area contributed by atoms with Crippen molar-refractivity contribution in [1.29, 1.82) is 0 Å². The third-order valence-corrected chi connectivity index (χ3v) is 4.38. The number of hydrogen-bond acceptors (Lipinski definition) is 6. The first kappa shape index (κ1) is 18.4. The summed E-state index contributed by atoms with van der Waals surface area (Å²) < 4.78 is 1.86. The molecule has 1 N–H and O–H groups in total. The lowest BCUT2D eigenvalue weighted by Gasteiger charge is -2.12. The van der Waals surface area contributed by atoms with Gasteiger partial charge in [0, 0.05) is 24.5 Å². The largest absolute Gasteiger partial charge is 0.355 e. The van der Waals surface area contributed by atoms with Gasteiger partial charge in [-0.15, -0.1) is 0 Å². The molecule has 2 heterocycles. The lowest BCUT2D eigenvalue weighted by atomic mass is 10.4. The van der Waals surface area contributed by atoms with E-state index in [1.54, 1.807) is 0 Å². The van der Waals surface area contributed by atoms with Gasteiger partial charge in [0.15, 0.2) is 5.16 Å². The predicted octanol–water partition coefficient (Wildman–Crippen LogP) is 1.99. The van der Waals surface area contributed by atoms with Gasteiger partial charge in [0.2, 0.25) is 5.91 Å². The Bertz CT molecular complexity index is 694. The first-order valence-electron chi connectivity index (χ1n) is 8.00. The van der Waals surface area contributed by atoms with E-state index in [1.165, 1.54) is 11.8 Å². The molecule has 0 saturated heterocycles. The summed E-state index contributed by atoms with van der Waals surface area (Å²) in [7, 11) is 0. The molecule has 0 aliphatic heterocycles. The number of thioether (sulfide) groups is 1. The minimum Gasteiger partial charge on any atom is -0.355 e. The van der Waals surface area contributed by atoms with Crippen LogP contribution >= 0.6 is 11.8 Å². The molecule has 2 rings (SSSR count). The van der Waals surface area contributed by atoms with Gasteiger partial charge in [-0.1, -0.05) is 11.8 Å². The van der Waals surface area contributed by atoms with Crippen molar-refractivity contribution in [2.24, 2.45) is 0 Å². The quantitative estimate of drug-likeness (QED) is 0.468. The normalized spacial score (nSPS) is 12.2. The number of nitrogens with one attached hydrogen (secondary N) is 1. The highest BCUT2D eigenvalue weighted by Gasteiger charge is 2.16. The van der Waals surface area contributed by atoms with Crippen LogP contribution in [0.25, 0.3) is 0 Å². The number of rotatable bonds is 7. The zero-order valence-electron chi connectivity index (χ0n) is 14.8. The predicted molar refractivity (Wildman–Crippen MR) is 93.9 cm³/mol. The molecule has 2 aromatic rings. The topological polar surface area (TPSA) is 85.6 Å². The highest BCUT2D eigenvalue weighted by molar-refractivity contribution is 8.00. The second kappa shape index (κ2) is 8.23. The van der Waals surface area contributed by atoms with Crippen LogP contribution in [0.4, 0.5) is 0 Å². The molecule has 0 radical (unpaired) electrons. The molecule has 0 aliphatic rings. The minimum atomic E-state index is -0.235. The maximum Gasteiger partial charge on any atom is 0.233 e. The monoisotopic (exact) mass is 348 g/mol. The van der Waals surface area contributed by atoms with Crippen molar-refractivity contribution < 1.29 is 4.79 Å². The second-order valence-electron chi connectivity index (χ2n) is 5.77. The van der Waals surface area contributed by atoms with Gasteiger partial charge in [0.25, 0.3) is 0 Å². The SMILES string of the molecule is Cc1cc(C)nc(SC(C)C(=O)NCCCn2nc(C)nc2C)n1. The molecule has 0 bridgehead atoms. The van der Waals surface area contributed by atoms with E-state index in [0.717, 1.165) is 36.0 Å². The average Bonchev–Trinajstić information content (AvgIpc) is 2.80. The number of carbonyl (C=O) groups is 1. The summed E-state index contributed by atoms with van der Waals surface area (Å²) in [4.78, 5) is 25.2. The molecule has 0 spiro atoms. The molecule has 2 aromatic heterocycles. The minimum absolute atomic E-state index is 0.00532. The van der Waals surface area contributed by atoms with Crippen LogP contribution in [0.1, 0.15) is 36.4 Å². The molecular weight excluding hydrogens is 324 g/mol. The fraction of sp³-hybridized carbons (Fsp3) is 0.562. The molecule has 7 nitrogen and oxygen atoms in total. The molecule has 1 amide bonds. The van der Waals surface area contributed by atoms with Crippen LogP contribution in [-0.2, 0) is 11.3 Å². The number of nitrogens with zero attached hydrogens (tertiary/aromatic N) is 5. The van der Waals surface area contributed by atoms with E-state index in [2.05, 4.69) is 25.4 Å². The third kappa shape index (κ3) is 5.30. The third-order valence-electron chi connectivity index (χ3n) is 3.42. The van der Waals surface area contributed by atoms with E-state index in [-0.39, 0.29) is 11.2 Å². The summed E-state index contributed by atoms with van der Waals surface area (Å²) in [6, 6.07) is 1.92. The van der Waals surface area contributed by atoms with E-state index in [1.807, 2.05) is 45.4 Å². The molecule has 0 aromatic carbocycles. The summed E-state index contributed by atoms with van der Waals surface area (Å²) in [6.45, 7) is 10.9. The molecule has 1 atom stereocenters. The first-order valence-corrected chi connectivity index (χ1v) is 8.88. The fourth-order valence-corrected chi connectivity index (χ4v) is 3.22. The average molecular weight is 348 g/mol. The molecule has 0 saturated carbocycles. The summed E-state index contributed by atoms with van der Waals surface area (Å²) in [5.74, 6) is 1.67. The standard InChI is InChI=1S/C16H24N6OS/c1-10-9-11(2)19-16(18-10)24-12(3)15(23)17-7-6-8-22-14(5)20-13(4)21-22/h9,12H,6-8H2,1-5H3,(H,17,23). The fourth-order valence-electron chi connectivity index (χ4n) is 2.32. The molecule has 24 heavy (non-hydrogen) atoms. The van der Waals surface area contributed by atoms with Crippen molar-refractivity contribution in [2.75, 3.05) is 6.54 Å². The second-order valence-corrected chi connectivity index (χ2v) is 7.08. The molecule has 1 unspecified atom stereocenters. The number of aromatic nitrogens is 5. The Morgan fingerprint density at radius 1 is 1.21 bits per heavy atom. The molecule has 0 fully saturated rings. The van der Waals surface area contributed by atoms with Gasteiger partial charge in [0.1, 0.15) is 11.6 Å². The van der Waals surface area contributed by atoms with Crippen molar-refractivity contribution >= 4 is 17.7 Å². The Hall–Kier alpha value is -1.96. The smallest absolute Gasteiger partial charge is 0.233 e. The van der Waals surface area contributed by atoms with Gasteiger partial charge in [0.05, 0.1) is 5.25 Å². The van der Waals surface area contributed by atoms with Crippen LogP contribution in [0.2, 0.25) is 0 Å². The van der Waals surface area contributed by atoms with E-state index in [4.69, 9.17) is 0 Å². The molecule has 0 aliphatic carbocycles. The molecule has 8 heteroatoms. The van der Waals surface area contributed by atoms with Crippen LogP contribution in [-0.4, -0.2) is 42.4 Å². The molecular formula is C16H24N6OS. The van der Waals surface area contributed by atoms with Crippen molar-refractivity contribution in [1.82, 2.24) is 30.0 Å². The van der Waals surface area contributed by atoms with E-state index in [9.17, 15) is 4.79 Å². The van der Waals surface area contributed by atoms with Crippen LogP contribution < -0.4 is 5.32 Å². The zero-order chi connectivity index (χ0) is 17.7. The highest BCUT2D eigenvalue weighted by Crippen LogP contribution is 2.20. The summed E-state index contributed by atoms with van der Waals surface area (Å²) in [6.07, 6.45) is 0.812. The van der Waals surface area contributed by atoms with Gasteiger partial charge in [-0.05, 0) is 47.1 Å². The van der Waals surface area contributed by atoms with Crippen molar-refractivity contribution in [3.63, 3.8) is 0 Å². The van der Waals surface area contributed by atoms with E-state index < -0.39 is 0 Å². The number of carbonyl (C=O) groups excluding carboxylic acids is 1. The number of aryl methyl sites for hydroxylation is 5. The van der Waals surface area contributed by atoms with Crippen molar-refractivity contribution in [2.45, 2.75) is 58.0 Å². The first-order chi connectivity index (χ1) is 11.3. The zero-order valence-corrected chi connectivity index (χ0v) is 15.6. The summed E-state index contributed by atoms with van der Waals surface area (Å²) in [5.41, 5.74) is 1.83. The maximum absolute atomic E-state index is 12.2. The lowest BCUT2D eigenvalue weighted by molar-refractivity contribution is -0.120. The van der Waals surface area contributed by atoms with Gasteiger partial charge < -0.3 is 5.32 Å². The van der Waals surface area contributed by atoms with Crippen molar-refractivity contribution in [3.05, 3.63) is 29.1 Å². The Morgan fingerprint density at radius 2 is 1.88 bits per heavy atom. The van der Waals surface area contributed by atoms with E-state index in [0.29, 0.717) is 11.7 Å². The van der Waals surface area contributed by atoms with Crippen LogP contribution in [0.5, 0.6) is 0 Å². The Kier molecular flexibility index (Phi) is 6.30. The van der Waals surface area contributed by atoms with Gasteiger partial charge >= 0.3 is 0 Å². The van der Waals surface area contributed by atoms with Gasteiger partial charge in [-0.2, -0.15) is 5.10 Å². The Balaban J connectivity index is 1.76. The maximum atomic E-state index is 12.2. The highest BCUT2D eigenvalue weighted by atomic mass is 32.2. The van der Waals surface area contributed by atoms with Crippen LogP contribution in [0.3, 0.4) is 0 Å². The molecule has 130 valence electrons. The number of hydrogen-bond donors (Lipinski definition) is 1.